The summed E-state index contributed by atoms with van der Waals surface area (Å²) in [5.41, 5.74) is 6.98. The van der Waals surface area contributed by atoms with Crippen LogP contribution >= 0.6 is 0 Å². The number of ether oxygens (including phenoxy) is 2. The molecule has 1 aromatic carbocycles. The first-order chi connectivity index (χ1) is 8.22. The molecule has 1 aromatic rings. The number of hydrogen-bond acceptors (Lipinski definition) is 3. The topological polar surface area (TPSA) is 44.5 Å². The first kappa shape index (κ1) is 12.2. The van der Waals surface area contributed by atoms with Crippen molar-refractivity contribution in [1.29, 1.82) is 0 Å². The van der Waals surface area contributed by atoms with Crippen LogP contribution in [-0.4, -0.2) is 13.2 Å². The van der Waals surface area contributed by atoms with Crippen LogP contribution in [0.4, 0.5) is 0 Å². The van der Waals surface area contributed by atoms with Gasteiger partial charge in [0.1, 0.15) is 11.5 Å². The summed E-state index contributed by atoms with van der Waals surface area (Å²) in [6.45, 7) is 1.96. The van der Waals surface area contributed by atoms with Gasteiger partial charge < -0.3 is 15.2 Å². The molecule has 1 aliphatic carbocycles. The maximum atomic E-state index is 6.05. The van der Waals surface area contributed by atoms with Crippen LogP contribution < -0.4 is 15.2 Å². The maximum absolute atomic E-state index is 6.05. The monoisotopic (exact) mass is 235 g/mol. The van der Waals surface area contributed by atoms with Gasteiger partial charge in [0.05, 0.1) is 18.8 Å². The largest absolute Gasteiger partial charge is 0.496 e. The molecule has 17 heavy (non-hydrogen) atoms. The average Bonchev–Trinajstić information content (AvgIpc) is 2.81. The highest BCUT2D eigenvalue weighted by molar-refractivity contribution is 5.46. The van der Waals surface area contributed by atoms with Gasteiger partial charge in [-0.25, -0.2) is 0 Å². The Hall–Kier alpha value is -1.22. The lowest BCUT2D eigenvalue weighted by atomic mass is 10.1. The van der Waals surface area contributed by atoms with E-state index in [1.165, 1.54) is 12.8 Å². The van der Waals surface area contributed by atoms with Crippen molar-refractivity contribution in [3.8, 4) is 11.5 Å². The van der Waals surface area contributed by atoms with Crippen molar-refractivity contribution < 1.29 is 9.47 Å². The molecular formula is C14H21NO2. The van der Waals surface area contributed by atoms with Gasteiger partial charge in [-0.05, 0) is 44.7 Å². The Morgan fingerprint density at radius 1 is 1.24 bits per heavy atom. The fraction of sp³-hybridized carbons (Fsp3) is 0.571. The van der Waals surface area contributed by atoms with Gasteiger partial charge in [0.15, 0.2) is 0 Å². The fourth-order valence-electron chi connectivity index (χ4n) is 2.44. The Labute approximate surface area is 103 Å². The van der Waals surface area contributed by atoms with Crippen molar-refractivity contribution in [2.24, 2.45) is 5.73 Å². The Morgan fingerprint density at radius 3 is 2.47 bits per heavy atom. The number of methoxy groups -OCH3 is 1. The third-order valence-electron chi connectivity index (χ3n) is 3.30. The van der Waals surface area contributed by atoms with Crippen molar-refractivity contribution in [2.75, 3.05) is 7.11 Å². The molecule has 2 rings (SSSR count). The molecule has 3 heteroatoms. The highest BCUT2D eigenvalue weighted by Gasteiger charge is 2.20. The molecule has 1 aliphatic rings. The fourth-order valence-corrected chi connectivity index (χ4v) is 2.44. The van der Waals surface area contributed by atoms with E-state index in [0.717, 1.165) is 29.9 Å². The summed E-state index contributed by atoms with van der Waals surface area (Å²) in [5, 5.41) is 0. The molecule has 1 atom stereocenters. The van der Waals surface area contributed by atoms with E-state index < -0.39 is 0 Å². The molecule has 0 bridgehead atoms. The summed E-state index contributed by atoms with van der Waals surface area (Å²) in [7, 11) is 1.67. The molecule has 0 unspecified atom stereocenters. The average molecular weight is 235 g/mol. The molecule has 0 amide bonds. The van der Waals surface area contributed by atoms with Gasteiger partial charge in [0.2, 0.25) is 0 Å². The van der Waals surface area contributed by atoms with E-state index in [2.05, 4.69) is 0 Å². The zero-order chi connectivity index (χ0) is 12.3. The van der Waals surface area contributed by atoms with E-state index in [-0.39, 0.29) is 6.04 Å². The van der Waals surface area contributed by atoms with Crippen LogP contribution in [0.5, 0.6) is 11.5 Å². The second-order valence-electron chi connectivity index (χ2n) is 4.69. The first-order valence-electron chi connectivity index (χ1n) is 6.31. The van der Waals surface area contributed by atoms with E-state index in [4.69, 9.17) is 15.2 Å². The van der Waals surface area contributed by atoms with Crippen molar-refractivity contribution in [1.82, 2.24) is 0 Å². The molecule has 0 heterocycles. The third-order valence-corrected chi connectivity index (χ3v) is 3.30. The Bertz CT molecular complexity index is 370. The van der Waals surface area contributed by atoms with Gasteiger partial charge in [-0.3, -0.25) is 0 Å². The molecule has 0 aromatic heterocycles. The van der Waals surface area contributed by atoms with E-state index in [0.29, 0.717) is 6.10 Å². The molecular weight excluding hydrogens is 214 g/mol. The summed E-state index contributed by atoms with van der Waals surface area (Å²) >= 11 is 0. The van der Waals surface area contributed by atoms with Gasteiger partial charge in [0, 0.05) is 6.04 Å². The van der Waals surface area contributed by atoms with Crippen molar-refractivity contribution in [3.05, 3.63) is 23.8 Å². The summed E-state index contributed by atoms with van der Waals surface area (Å²) in [5.74, 6) is 1.70. The van der Waals surface area contributed by atoms with Gasteiger partial charge in [0.25, 0.3) is 0 Å². The normalized spacial score (nSPS) is 18.1. The lowest BCUT2D eigenvalue weighted by molar-refractivity contribution is 0.206. The van der Waals surface area contributed by atoms with E-state index in [1.807, 2.05) is 25.1 Å². The van der Waals surface area contributed by atoms with Crippen LogP contribution in [0.1, 0.15) is 44.2 Å². The minimum atomic E-state index is -0.0810. The van der Waals surface area contributed by atoms with E-state index in [9.17, 15) is 0 Å². The van der Waals surface area contributed by atoms with Crippen molar-refractivity contribution in [3.63, 3.8) is 0 Å². The van der Waals surface area contributed by atoms with Crippen molar-refractivity contribution in [2.45, 2.75) is 44.8 Å². The molecule has 1 saturated carbocycles. The number of nitrogens with two attached hydrogens (primary N) is 1. The smallest absolute Gasteiger partial charge is 0.128 e. The minimum Gasteiger partial charge on any atom is -0.496 e. The van der Waals surface area contributed by atoms with Crippen LogP contribution in [0.25, 0.3) is 0 Å². The predicted molar refractivity (Wildman–Crippen MR) is 68.5 cm³/mol. The standard InChI is InChI=1S/C14H21NO2/c1-10(15)14-12(16-2)8-5-9-13(14)17-11-6-3-4-7-11/h5,8-11H,3-4,6-7,15H2,1-2H3/t10-/m1/s1. The summed E-state index contributed by atoms with van der Waals surface area (Å²) < 4.78 is 11.4. The van der Waals surface area contributed by atoms with Crippen LogP contribution in [0, 0.1) is 0 Å². The molecule has 0 radical (unpaired) electrons. The van der Waals surface area contributed by atoms with Crippen LogP contribution in [0.15, 0.2) is 18.2 Å². The van der Waals surface area contributed by atoms with Crippen LogP contribution in [-0.2, 0) is 0 Å². The minimum absolute atomic E-state index is 0.0810. The summed E-state index contributed by atoms with van der Waals surface area (Å²) in [4.78, 5) is 0. The first-order valence-corrected chi connectivity index (χ1v) is 6.31. The molecule has 1 fully saturated rings. The predicted octanol–water partition coefficient (Wildman–Crippen LogP) is 3.04. The quantitative estimate of drug-likeness (QED) is 0.872. The molecule has 94 valence electrons. The van der Waals surface area contributed by atoms with Gasteiger partial charge in [-0.1, -0.05) is 6.07 Å². The highest BCUT2D eigenvalue weighted by atomic mass is 16.5. The zero-order valence-electron chi connectivity index (χ0n) is 10.6. The van der Waals surface area contributed by atoms with Crippen molar-refractivity contribution >= 4 is 0 Å². The third kappa shape index (κ3) is 2.72. The lowest BCUT2D eigenvalue weighted by Gasteiger charge is -2.20. The summed E-state index contributed by atoms with van der Waals surface area (Å²) in [6, 6.07) is 5.79. The Balaban J connectivity index is 2.25. The molecule has 0 aliphatic heterocycles. The Morgan fingerprint density at radius 2 is 1.88 bits per heavy atom. The maximum Gasteiger partial charge on any atom is 0.128 e. The van der Waals surface area contributed by atoms with E-state index >= 15 is 0 Å². The number of rotatable bonds is 4. The Kier molecular flexibility index (Phi) is 3.89. The van der Waals surface area contributed by atoms with Gasteiger partial charge >= 0.3 is 0 Å². The summed E-state index contributed by atoms with van der Waals surface area (Å²) in [6.07, 6.45) is 5.18. The number of benzene rings is 1. The van der Waals surface area contributed by atoms with Crippen LogP contribution in [0.2, 0.25) is 0 Å². The van der Waals surface area contributed by atoms with Crippen LogP contribution in [0.3, 0.4) is 0 Å². The zero-order valence-corrected chi connectivity index (χ0v) is 10.6. The molecule has 0 spiro atoms. The lowest BCUT2D eigenvalue weighted by Crippen LogP contribution is -2.15. The molecule has 2 N–H and O–H groups in total. The molecule has 0 saturated heterocycles. The van der Waals surface area contributed by atoms with Gasteiger partial charge in [-0.15, -0.1) is 0 Å². The second kappa shape index (κ2) is 5.41. The van der Waals surface area contributed by atoms with Gasteiger partial charge in [-0.2, -0.15) is 0 Å². The SMILES string of the molecule is COc1cccc(OC2CCCC2)c1[C@@H](C)N. The molecule has 3 nitrogen and oxygen atoms in total. The second-order valence-corrected chi connectivity index (χ2v) is 4.69. The highest BCUT2D eigenvalue weighted by Crippen LogP contribution is 2.35. The van der Waals surface area contributed by atoms with E-state index in [1.54, 1.807) is 7.11 Å². The number of hydrogen-bond donors (Lipinski definition) is 1.